The maximum Gasteiger partial charge on any atom is 0.325 e. The number of aliphatic hydroxyl groups is 1. The van der Waals surface area contributed by atoms with Gasteiger partial charge in [0.25, 0.3) is 5.56 Å². The van der Waals surface area contributed by atoms with E-state index in [2.05, 4.69) is 15.0 Å². The van der Waals surface area contributed by atoms with Crippen LogP contribution in [0, 0.1) is 5.41 Å². The van der Waals surface area contributed by atoms with Crippen LogP contribution < -0.4 is 11.3 Å². The lowest BCUT2D eigenvalue weighted by atomic mass is 10.0. The number of fused-ring (bicyclic) bond motifs is 1. The van der Waals surface area contributed by atoms with Gasteiger partial charge in [-0.25, -0.2) is 4.98 Å². The van der Waals surface area contributed by atoms with Crippen LogP contribution in [0.2, 0.25) is 0 Å². The first-order valence-corrected chi connectivity index (χ1v) is 8.63. The summed E-state index contributed by atoms with van der Waals surface area (Å²) in [6.45, 7) is -0.215. The number of imidazole rings is 1. The number of H-pyrrole nitrogens is 1. The van der Waals surface area contributed by atoms with E-state index in [-0.39, 0.29) is 36.3 Å². The molecule has 1 aliphatic rings. The Morgan fingerprint density at radius 1 is 1.52 bits per heavy atom. The van der Waals surface area contributed by atoms with Gasteiger partial charge in [-0.05, 0) is 18.4 Å². The largest absolute Gasteiger partial charge is 0.395 e. The van der Waals surface area contributed by atoms with Crippen molar-refractivity contribution in [3.63, 3.8) is 0 Å². The zero-order valence-electron chi connectivity index (χ0n) is 12.0. The number of nitrogens with zero attached hydrogens (tertiary/aromatic N) is 3. The zero-order chi connectivity index (χ0) is 16.8. The second-order valence-corrected chi connectivity index (χ2v) is 7.46. The molecule has 6 N–H and O–H groups in total. The van der Waals surface area contributed by atoms with Gasteiger partial charge in [0, 0.05) is 11.6 Å². The molecule has 10 nitrogen and oxygen atoms in total. The van der Waals surface area contributed by atoms with Gasteiger partial charge in [0.1, 0.15) is 6.33 Å². The number of nitrogens with one attached hydrogen (secondary N) is 1. The average Bonchev–Trinajstić information content (AvgIpc) is 2.99. The second-order valence-electron chi connectivity index (χ2n) is 5.68. The minimum absolute atomic E-state index is 0.0295. The molecule has 1 unspecified atom stereocenters. The first-order valence-electron chi connectivity index (χ1n) is 6.83. The van der Waals surface area contributed by atoms with E-state index in [1.165, 1.54) is 10.9 Å². The van der Waals surface area contributed by atoms with Crippen LogP contribution >= 0.6 is 7.60 Å². The Labute approximate surface area is 129 Å². The smallest absolute Gasteiger partial charge is 0.325 e. The molecule has 0 amide bonds. The number of aliphatic hydroxyl groups excluding tert-OH is 1. The fourth-order valence-corrected chi connectivity index (χ4v) is 3.30. The summed E-state index contributed by atoms with van der Waals surface area (Å²) >= 11 is 0. The van der Waals surface area contributed by atoms with Crippen LogP contribution in [0.1, 0.15) is 12.8 Å². The van der Waals surface area contributed by atoms with Crippen molar-refractivity contribution in [1.82, 2.24) is 19.5 Å². The molecule has 3 rings (SSSR count). The van der Waals surface area contributed by atoms with E-state index in [1.807, 2.05) is 0 Å². The molecule has 1 atom stereocenters. The van der Waals surface area contributed by atoms with Crippen LogP contribution in [-0.4, -0.2) is 47.2 Å². The van der Waals surface area contributed by atoms with Gasteiger partial charge in [-0.2, -0.15) is 4.98 Å². The molecule has 0 aliphatic heterocycles. The van der Waals surface area contributed by atoms with Crippen LogP contribution in [-0.2, 0) is 4.57 Å². The predicted octanol–water partition coefficient (Wildman–Crippen LogP) is -0.507. The molecule has 2 aromatic rings. The number of aromatic amines is 1. The fourth-order valence-electron chi connectivity index (χ4n) is 2.58. The van der Waals surface area contributed by atoms with E-state index in [4.69, 9.17) is 15.5 Å². The normalized spacial score (nSPS) is 22.8. The van der Waals surface area contributed by atoms with E-state index in [1.54, 1.807) is 6.20 Å². The van der Waals surface area contributed by atoms with Crippen LogP contribution in [0.4, 0.5) is 5.95 Å². The van der Waals surface area contributed by atoms with E-state index >= 15 is 0 Å². The van der Waals surface area contributed by atoms with Gasteiger partial charge < -0.3 is 20.6 Å². The third kappa shape index (κ3) is 3.06. The predicted molar refractivity (Wildman–Crippen MR) is 82.5 cm³/mol. The number of rotatable bonds is 5. The van der Waals surface area contributed by atoms with Crippen molar-refractivity contribution in [2.24, 2.45) is 5.41 Å². The topological polar surface area (TPSA) is 167 Å². The SMILES string of the molecule is Nc1nc2ncn(/C=C3\CC3(CO)CCP(=O)(O)O)c2c(=O)[nH]1. The molecule has 0 spiro atoms. The summed E-state index contributed by atoms with van der Waals surface area (Å²) < 4.78 is 12.5. The minimum atomic E-state index is -4.12. The van der Waals surface area contributed by atoms with Crippen molar-refractivity contribution >= 4 is 30.9 Å². The van der Waals surface area contributed by atoms with Crippen molar-refractivity contribution in [2.75, 3.05) is 18.5 Å². The fraction of sp³-hybridized carbons (Fsp3) is 0.417. The Morgan fingerprint density at radius 3 is 2.91 bits per heavy atom. The second kappa shape index (κ2) is 5.27. The molecule has 2 heterocycles. The van der Waals surface area contributed by atoms with Gasteiger partial charge >= 0.3 is 7.60 Å². The maximum atomic E-state index is 12.0. The summed E-state index contributed by atoms with van der Waals surface area (Å²) in [5, 5.41) is 9.54. The molecule has 1 saturated carbocycles. The molecule has 0 aromatic carbocycles. The molecule has 1 aliphatic carbocycles. The Kier molecular flexibility index (Phi) is 3.64. The van der Waals surface area contributed by atoms with Crippen molar-refractivity contribution in [3.8, 4) is 0 Å². The molecule has 0 saturated heterocycles. The third-order valence-corrected chi connectivity index (χ3v) is 4.83. The summed E-state index contributed by atoms with van der Waals surface area (Å²) in [4.78, 5) is 40.2. The third-order valence-electron chi connectivity index (χ3n) is 4.02. The van der Waals surface area contributed by atoms with Crippen molar-refractivity contribution in [1.29, 1.82) is 0 Å². The van der Waals surface area contributed by atoms with Crippen LogP contribution in [0.25, 0.3) is 17.4 Å². The summed E-state index contributed by atoms with van der Waals surface area (Å²) in [5.74, 6) is -0.0295. The molecular formula is C12H16N5O5P. The maximum absolute atomic E-state index is 12.0. The molecule has 23 heavy (non-hydrogen) atoms. The monoisotopic (exact) mass is 341 g/mol. The molecule has 124 valence electrons. The quantitative estimate of drug-likeness (QED) is 0.453. The number of nitrogen functional groups attached to an aromatic ring is 1. The molecule has 0 radical (unpaired) electrons. The van der Waals surface area contributed by atoms with E-state index in [0.717, 1.165) is 5.57 Å². The molecule has 1 fully saturated rings. The molecule has 2 aromatic heterocycles. The Hall–Kier alpha value is -2.00. The first kappa shape index (κ1) is 15.9. The van der Waals surface area contributed by atoms with Crippen molar-refractivity contribution < 1.29 is 19.5 Å². The molecule has 11 heteroatoms. The summed E-state index contributed by atoms with van der Waals surface area (Å²) in [6, 6.07) is 0. The number of hydrogen-bond acceptors (Lipinski definition) is 6. The van der Waals surface area contributed by atoms with Gasteiger partial charge in [-0.15, -0.1) is 0 Å². The lowest BCUT2D eigenvalue weighted by Gasteiger charge is -2.11. The zero-order valence-corrected chi connectivity index (χ0v) is 12.9. The Balaban J connectivity index is 1.92. The van der Waals surface area contributed by atoms with E-state index in [9.17, 15) is 14.5 Å². The Morgan fingerprint density at radius 2 is 2.26 bits per heavy atom. The highest BCUT2D eigenvalue weighted by molar-refractivity contribution is 7.51. The number of anilines is 1. The standard InChI is InChI=1S/C12H16N5O5P/c13-11-15-9-8(10(19)16-11)17(6-14-9)4-7-3-12(7,5-18)1-2-23(20,21)22/h4,6,18H,1-3,5H2,(H2,20,21,22)(H3,13,15,16,19)/b7-4+. The highest BCUT2D eigenvalue weighted by Gasteiger charge is 2.49. The summed E-state index contributed by atoms with van der Waals surface area (Å²) in [5.41, 5.74) is 5.59. The number of nitrogens with two attached hydrogens (primary N) is 1. The Bertz CT molecular complexity index is 897. The van der Waals surface area contributed by atoms with Crippen molar-refractivity contribution in [2.45, 2.75) is 12.8 Å². The van der Waals surface area contributed by atoms with E-state index in [0.29, 0.717) is 6.42 Å². The summed E-state index contributed by atoms with van der Waals surface area (Å²) in [6.07, 6.45) is 3.42. The lowest BCUT2D eigenvalue weighted by Crippen LogP contribution is -2.13. The molecule has 0 bridgehead atoms. The van der Waals surface area contributed by atoms with E-state index < -0.39 is 18.6 Å². The number of hydrogen-bond donors (Lipinski definition) is 5. The van der Waals surface area contributed by atoms with Gasteiger partial charge in [0.05, 0.1) is 12.8 Å². The highest BCUT2D eigenvalue weighted by Crippen LogP contribution is 2.57. The van der Waals surface area contributed by atoms with Crippen LogP contribution in [0.3, 0.4) is 0 Å². The van der Waals surface area contributed by atoms with Gasteiger partial charge in [-0.1, -0.05) is 0 Å². The first-order chi connectivity index (χ1) is 10.7. The van der Waals surface area contributed by atoms with Crippen molar-refractivity contribution in [3.05, 3.63) is 22.3 Å². The van der Waals surface area contributed by atoms with Gasteiger partial charge in [-0.3, -0.25) is 18.9 Å². The van der Waals surface area contributed by atoms with Gasteiger partial charge in [0.2, 0.25) is 5.95 Å². The number of aromatic nitrogens is 4. The van der Waals surface area contributed by atoms with Crippen LogP contribution in [0.15, 0.2) is 16.7 Å². The highest BCUT2D eigenvalue weighted by atomic mass is 31.2. The minimum Gasteiger partial charge on any atom is -0.395 e. The average molecular weight is 341 g/mol. The van der Waals surface area contributed by atoms with Crippen LogP contribution in [0.5, 0.6) is 0 Å². The summed E-state index contributed by atoms with van der Waals surface area (Å²) in [7, 11) is -4.12. The lowest BCUT2D eigenvalue weighted by molar-refractivity contribution is 0.215. The van der Waals surface area contributed by atoms with Gasteiger partial charge in [0.15, 0.2) is 11.2 Å². The molecular weight excluding hydrogens is 325 g/mol.